The zero-order valence-electron chi connectivity index (χ0n) is 10.9. The molecule has 0 spiro atoms. The van der Waals surface area contributed by atoms with E-state index < -0.39 is 11.8 Å². The first-order valence-corrected chi connectivity index (χ1v) is 7.22. The predicted molar refractivity (Wildman–Crippen MR) is 75.9 cm³/mol. The van der Waals surface area contributed by atoms with Gasteiger partial charge in [-0.3, -0.25) is 0 Å². The number of thioether (sulfide) groups is 1. The van der Waals surface area contributed by atoms with Crippen LogP contribution in [0.5, 0.6) is 0 Å². The van der Waals surface area contributed by atoms with Crippen molar-refractivity contribution in [3.8, 4) is 0 Å². The van der Waals surface area contributed by atoms with E-state index >= 15 is 0 Å². The van der Waals surface area contributed by atoms with Gasteiger partial charge < -0.3 is 15.3 Å². The number of hydrogen-bond donors (Lipinski definition) is 2. The summed E-state index contributed by atoms with van der Waals surface area (Å²) in [6, 6.07) is 2.92. The van der Waals surface area contributed by atoms with Crippen molar-refractivity contribution in [3.05, 3.63) is 29.6 Å². The van der Waals surface area contributed by atoms with Gasteiger partial charge in [0.2, 0.25) is 0 Å². The highest BCUT2D eigenvalue weighted by molar-refractivity contribution is 7.99. The molecular weight excluding hydrogens is 283 g/mol. The summed E-state index contributed by atoms with van der Waals surface area (Å²) in [5, 5.41) is 11.9. The van der Waals surface area contributed by atoms with E-state index in [2.05, 4.69) is 5.32 Å². The third-order valence-corrected chi connectivity index (χ3v) is 4.12. The van der Waals surface area contributed by atoms with Crippen LogP contribution in [0, 0.1) is 5.82 Å². The minimum Gasteiger partial charge on any atom is -0.478 e. The predicted octanol–water partition coefficient (Wildman–Crippen LogP) is 2.49. The van der Waals surface area contributed by atoms with Gasteiger partial charge in [-0.2, -0.15) is 11.8 Å². The third kappa shape index (κ3) is 3.41. The maximum absolute atomic E-state index is 13.1. The molecular formula is C13H15FN2O3S. The van der Waals surface area contributed by atoms with Crippen molar-refractivity contribution in [3.63, 3.8) is 0 Å². The van der Waals surface area contributed by atoms with Gasteiger partial charge in [0, 0.05) is 24.1 Å². The molecule has 0 bridgehead atoms. The number of halogens is 1. The Balaban J connectivity index is 2.13. The average molecular weight is 298 g/mol. The van der Waals surface area contributed by atoms with Crippen molar-refractivity contribution in [1.29, 1.82) is 0 Å². The second-order valence-corrected chi connectivity index (χ2v) is 6.10. The molecule has 1 saturated heterocycles. The van der Waals surface area contributed by atoms with E-state index in [9.17, 15) is 14.0 Å². The number of carboxylic acids is 1. The summed E-state index contributed by atoms with van der Waals surface area (Å²) in [6.07, 6.45) is 0. The Hall–Kier alpha value is -1.76. The fourth-order valence-electron chi connectivity index (χ4n) is 2.00. The highest BCUT2D eigenvalue weighted by atomic mass is 32.2. The van der Waals surface area contributed by atoms with Gasteiger partial charge in [0.15, 0.2) is 0 Å². The summed E-state index contributed by atoms with van der Waals surface area (Å²) in [4.78, 5) is 24.8. The number of amides is 2. The lowest BCUT2D eigenvalue weighted by Gasteiger charge is -2.30. The number of hydrogen-bond acceptors (Lipinski definition) is 3. The molecule has 1 unspecified atom stereocenters. The SMILES string of the molecule is CC1CN(C(=O)Nc2ccc(F)cc2C(=O)O)CCS1. The minimum atomic E-state index is -1.28. The standard InChI is InChI=1S/C13H15FN2O3S/c1-8-7-16(4-5-20-8)13(19)15-11-3-2-9(14)6-10(11)12(17)18/h2-3,6,8H,4-5,7H2,1H3,(H,15,19)(H,17,18). The molecule has 5 nitrogen and oxygen atoms in total. The monoisotopic (exact) mass is 298 g/mol. The van der Waals surface area contributed by atoms with E-state index in [1.165, 1.54) is 6.07 Å². The number of benzene rings is 1. The summed E-state index contributed by atoms with van der Waals surface area (Å²) >= 11 is 1.79. The molecule has 2 amide bonds. The Bertz CT molecular complexity index is 538. The second kappa shape index (κ2) is 6.13. The first-order valence-electron chi connectivity index (χ1n) is 6.17. The Morgan fingerprint density at radius 3 is 2.90 bits per heavy atom. The average Bonchev–Trinajstić information content (AvgIpc) is 2.40. The Morgan fingerprint density at radius 1 is 1.50 bits per heavy atom. The summed E-state index contributed by atoms with van der Waals surface area (Å²) in [5.74, 6) is -1.07. The van der Waals surface area contributed by atoms with Crippen LogP contribution in [0.2, 0.25) is 0 Å². The van der Waals surface area contributed by atoms with Crippen LogP contribution in [0.15, 0.2) is 18.2 Å². The third-order valence-electron chi connectivity index (χ3n) is 2.98. The van der Waals surface area contributed by atoms with Gasteiger partial charge in [-0.05, 0) is 18.2 Å². The van der Waals surface area contributed by atoms with E-state index in [-0.39, 0.29) is 17.3 Å². The van der Waals surface area contributed by atoms with Gasteiger partial charge in [0.25, 0.3) is 0 Å². The molecule has 0 aliphatic carbocycles. The zero-order chi connectivity index (χ0) is 14.7. The molecule has 1 aliphatic heterocycles. The Kier molecular flexibility index (Phi) is 4.49. The second-order valence-electron chi connectivity index (χ2n) is 4.55. The van der Waals surface area contributed by atoms with Crippen LogP contribution in [0.4, 0.5) is 14.9 Å². The van der Waals surface area contributed by atoms with E-state index in [4.69, 9.17) is 5.11 Å². The molecule has 1 fully saturated rings. The van der Waals surface area contributed by atoms with Crippen LogP contribution in [0.25, 0.3) is 0 Å². The van der Waals surface area contributed by atoms with Gasteiger partial charge in [-0.25, -0.2) is 14.0 Å². The smallest absolute Gasteiger partial charge is 0.337 e. The molecule has 0 aromatic heterocycles. The maximum Gasteiger partial charge on any atom is 0.337 e. The highest BCUT2D eigenvalue weighted by Gasteiger charge is 2.22. The van der Waals surface area contributed by atoms with Crippen molar-refractivity contribution in [2.75, 3.05) is 24.2 Å². The molecule has 2 rings (SSSR count). The minimum absolute atomic E-state index is 0.106. The van der Waals surface area contributed by atoms with E-state index in [1.807, 2.05) is 6.92 Å². The molecule has 1 aromatic carbocycles. The zero-order valence-corrected chi connectivity index (χ0v) is 11.7. The van der Waals surface area contributed by atoms with Crippen LogP contribution in [0.1, 0.15) is 17.3 Å². The lowest BCUT2D eigenvalue weighted by molar-refractivity contribution is 0.0697. The Labute approximate surface area is 120 Å². The number of aromatic carboxylic acids is 1. The molecule has 108 valence electrons. The fraction of sp³-hybridized carbons (Fsp3) is 0.385. The first kappa shape index (κ1) is 14.6. The first-order chi connectivity index (χ1) is 9.47. The number of nitrogens with one attached hydrogen (secondary N) is 1. The fourth-order valence-corrected chi connectivity index (χ4v) is 3.01. The molecule has 7 heteroatoms. The quantitative estimate of drug-likeness (QED) is 0.880. The van der Waals surface area contributed by atoms with Crippen molar-refractivity contribution in [1.82, 2.24) is 4.90 Å². The number of carbonyl (C=O) groups excluding carboxylic acids is 1. The van der Waals surface area contributed by atoms with E-state index in [0.717, 1.165) is 17.9 Å². The van der Waals surface area contributed by atoms with Crippen LogP contribution < -0.4 is 5.32 Å². The summed E-state index contributed by atoms with van der Waals surface area (Å²) in [7, 11) is 0. The van der Waals surface area contributed by atoms with Crippen LogP contribution in [-0.2, 0) is 0 Å². The number of carbonyl (C=O) groups is 2. The number of anilines is 1. The molecule has 1 aromatic rings. The molecule has 1 atom stereocenters. The van der Waals surface area contributed by atoms with Crippen molar-refractivity contribution in [2.45, 2.75) is 12.2 Å². The van der Waals surface area contributed by atoms with E-state index in [1.54, 1.807) is 16.7 Å². The van der Waals surface area contributed by atoms with Crippen molar-refractivity contribution >= 4 is 29.4 Å². The molecule has 2 N–H and O–H groups in total. The summed E-state index contributed by atoms with van der Waals surface area (Å²) < 4.78 is 13.1. The largest absolute Gasteiger partial charge is 0.478 e. The van der Waals surface area contributed by atoms with Gasteiger partial charge in [0.1, 0.15) is 5.82 Å². The lowest BCUT2D eigenvalue weighted by atomic mass is 10.1. The topological polar surface area (TPSA) is 69.6 Å². The summed E-state index contributed by atoms with van der Waals surface area (Å²) in [6.45, 7) is 3.26. The van der Waals surface area contributed by atoms with Crippen LogP contribution in [-0.4, -0.2) is 46.1 Å². The normalized spacial score (nSPS) is 18.7. The number of nitrogens with zero attached hydrogens (tertiary/aromatic N) is 1. The maximum atomic E-state index is 13.1. The number of rotatable bonds is 2. The highest BCUT2D eigenvalue weighted by Crippen LogP contribution is 2.21. The molecule has 1 heterocycles. The van der Waals surface area contributed by atoms with Crippen molar-refractivity contribution in [2.24, 2.45) is 0 Å². The van der Waals surface area contributed by atoms with E-state index in [0.29, 0.717) is 18.3 Å². The molecule has 0 saturated carbocycles. The molecule has 1 aliphatic rings. The van der Waals surface area contributed by atoms with Crippen molar-refractivity contribution < 1.29 is 19.1 Å². The number of carboxylic acid groups (broad SMARTS) is 1. The molecule has 0 radical (unpaired) electrons. The van der Waals surface area contributed by atoms with Gasteiger partial charge >= 0.3 is 12.0 Å². The lowest BCUT2D eigenvalue weighted by Crippen LogP contribution is -2.43. The Morgan fingerprint density at radius 2 is 2.25 bits per heavy atom. The van der Waals surface area contributed by atoms with Gasteiger partial charge in [-0.15, -0.1) is 0 Å². The van der Waals surface area contributed by atoms with Gasteiger partial charge in [-0.1, -0.05) is 6.92 Å². The van der Waals surface area contributed by atoms with Crippen LogP contribution in [0.3, 0.4) is 0 Å². The molecule has 20 heavy (non-hydrogen) atoms. The van der Waals surface area contributed by atoms with Gasteiger partial charge in [0.05, 0.1) is 11.3 Å². The van der Waals surface area contributed by atoms with Crippen LogP contribution >= 0.6 is 11.8 Å². The summed E-state index contributed by atoms with van der Waals surface area (Å²) in [5.41, 5.74) is -0.146. The number of urea groups is 1.